The van der Waals surface area contributed by atoms with Crippen LogP contribution in [0.1, 0.15) is 51.5 Å². The number of ether oxygens (including phenoxy) is 2. The topological polar surface area (TPSA) is 103 Å². The normalized spacial score (nSPS) is 12.7. The summed E-state index contributed by atoms with van der Waals surface area (Å²) in [6.07, 6.45) is 4.52. The van der Waals surface area contributed by atoms with Gasteiger partial charge in [0.2, 0.25) is 11.8 Å². The second-order valence-corrected chi connectivity index (χ2v) is 7.26. The van der Waals surface area contributed by atoms with E-state index in [4.69, 9.17) is 15.2 Å². The molecule has 0 aliphatic carbocycles. The summed E-state index contributed by atoms with van der Waals surface area (Å²) in [4.78, 5) is 24.9. The highest BCUT2D eigenvalue weighted by atomic mass is 16.5. The molecule has 2 atom stereocenters. The highest BCUT2D eigenvalue weighted by molar-refractivity contribution is 5.87. The van der Waals surface area contributed by atoms with Crippen LogP contribution in [0, 0.1) is 5.92 Å². The number of nitrogens with two attached hydrogens (primary N) is 1. The van der Waals surface area contributed by atoms with E-state index in [-0.39, 0.29) is 17.7 Å². The molecule has 0 aliphatic rings. The Morgan fingerprint density at radius 2 is 1.83 bits per heavy atom. The molecule has 1 aromatic rings. The lowest BCUT2D eigenvalue weighted by Gasteiger charge is -2.23. The van der Waals surface area contributed by atoms with E-state index in [1.165, 1.54) is 0 Å². The van der Waals surface area contributed by atoms with Crippen LogP contribution in [0.5, 0.6) is 11.5 Å². The average Bonchev–Trinajstić information content (AvgIpc) is 2.74. The minimum absolute atomic E-state index is 0.0593. The van der Waals surface area contributed by atoms with E-state index in [0.29, 0.717) is 37.4 Å². The van der Waals surface area contributed by atoms with Crippen molar-refractivity contribution in [3.63, 3.8) is 0 Å². The number of benzene rings is 1. The smallest absolute Gasteiger partial charge is 0.242 e. The first-order chi connectivity index (χ1) is 14.0. The second-order valence-electron chi connectivity index (χ2n) is 7.26. The Morgan fingerprint density at radius 1 is 1.10 bits per heavy atom. The summed E-state index contributed by atoms with van der Waals surface area (Å²) >= 11 is 0. The number of nitrogens with one attached hydrogen (secondary N) is 2. The van der Waals surface area contributed by atoms with Crippen LogP contribution < -0.4 is 25.8 Å². The first-order valence-electron chi connectivity index (χ1n) is 10.4. The van der Waals surface area contributed by atoms with E-state index in [9.17, 15) is 9.59 Å². The lowest BCUT2D eigenvalue weighted by molar-refractivity contribution is -0.130. The first kappa shape index (κ1) is 24.8. The van der Waals surface area contributed by atoms with Crippen molar-refractivity contribution in [1.82, 2.24) is 10.6 Å². The Balaban J connectivity index is 2.57. The number of amides is 2. The second kappa shape index (κ2) is 13.8. The monoisotopic (exact) mass is 407 g/mol. The molecule has 164 valence electrons. The zero-order valence-electron chi connectivity index (χ0n) is 18.3. The number of rotatable bonds is 14. The third kappa shape index (κ3) is 8.73. The minimum Gasteiger partial charge on any atom is -0.493 e. The van der Waals surface area contributed by atoms with Gasteiger partial charge in [-0.15, -0.1) is 0 Å². The fraction of sp³-hybridized carbons (Fsp3) is 0.636. The average molecular weight is 408 g/mol. The van der Waals surface area contributed by atoms with Crippen LogP contribution in [0.3, 0.4) is 0 Å². The summed E-state index contributed by atoms with van der Waals surface area (Å²) in [5.74, 6) is 1.17. The predicted octanol–water partition coefficient (Wildman–Crippen LogP) is 2.41. The Labute approximate surface area is 174 Å². The fourth-order valence-electron chi connectivity index (χ4n) is 3.03. The van der Waals surface area contributed by atoms with E-state index < -0.39 is 6.04 Å². The molecular formula is C22H37N3O4. The van der Waals surface area contributed by atoms with Gasteiger partial charge in [0.15, 0.2) is 11.5 Å². The minimum atomic E-state index is -0.521. The molecule has 0 aliphatic heterocycles. The third-order valence-electron chi connectivity index (χ3n) is 5.08. The van der Waals surface area contributed by atoms with E-state index in [1.807, 2.05) is 32.0 Å². The predicted molar refractivity (Wildman–Crippen MR) is 115 cm³/mol. The number of hydrogen-bond acceptors (Lipinski definition) is 5. The largest absolute Gasteiger partial charge is 0.493 e. The molecule has 1 rings (SSSR count). The standard InChI is InChI=1S/C22H37N3O4/c1-5-16(2)21(25-20(26)9-7-6-8-13-23)22(27)24-14-12-17-10-11-18(28-3)19(15-17)29-4/h10-11,15-16,21H,5-9,12-14,23H2,1-4H3,(H,24,27)(H,25,26). The van der Waals surface area contributed by atoms with Crippen molar-refractivity contribution < 1.29 is 19.1 Å². The van der Waals surface area contributed by atoms with Crippen LogP contribution >= 0.6 is 0 Å². The van der Waals surface area contributed by atoms with E-state index >= 15 is 0 Å². The molecule has 0 radical (unpaired) electrons. The number of carbonyl (C=O) groups is 2. The summed E-state index contributed by atoms with van der Waals surface area (Å²) in [5, 5.41) is 5.86. The van der Waals surface area contributed by atoms with E-state index in [0.717, 1.165) is 31.2 Å². The Kier molecular flexibility index (Phi) is 11.8. The van der Waals surface area contributed by atoms with Crippen LogP contribution in [0.2, 0.25) is 0 Å². The van der Waals surface area contributed by atoms with Gasteiger partial charge in [0, 0.05) is 13.0 Å². The molecule has 0 aromatic heterocycles. The van der Waals surface area contributed by atoms with Crippen LogP contribution in [-0.2, 0) is 16.0 Å². The van der Waals surface area contributed by atoms with Crippen molar-refractivity contribution in [1.29, 1.82) is 0 Å². The van der Waals surface area contributed by atoms with Gasteiger partial charge in [0.1, 0.15) is 6.04 Å². The van der Waals surface area contributed by atoms with Crippen LogP contribution in [0.25, 0.3) is 0 Å². The van der Waals surface area contributed by atoms with Gasteiger partial charge in [-0.3, -0.25) is 9.59 Å². The third-order valence-corrected chi connectivity index (χ3v) is 5.08. The summed E-state index contributed by atoms with van der Waals surface area (Å²) < 4.78 is 10.6. The highest BCUT2D eigenvalue weighted by Crippen LogP contribution is 2.27. The zero-order valence-corrected chi connectivity index (χ0v) is 18.3. The van der Waals surface area contributed by atoms with Crippen molar-refractivity contribution >= 4 is 11.8 Å². The first-order valence-corrected chi connectivity index (χ1v) is 10.4. The van der Waals surface area contributed by atoms with Gasteiger partial charge >= 0.3 is 0 Å². The molecule has 0 spiro atoms. The molecule has 0 fully saturated rings. The van der Waals surface area contributed by atoms with Gasteiger partial charge in [-0.2, -0.15) is 0 Å². The maximum atomic E-state index is 12.7. The van der Waals surface area contributed by atoms with Crippen LogP contribution in [-0.4, -0.2) is 45.2 Å². The van der Waals surface area contributed by atoms with Crippen LogP contribution in [0.15, 0.2) is 18.2 Å². The molecule has 7 heteroatoms. The van der Waals surface area contributed by atoms with Gasteiger partial charge in [-0.05, 0) is 49.4 Å². The summed E-state index contributed by atoms with van der Waals surface area (Å²) in [5.41, 5.74) is 6.51. The molecular weight excluding hydrogens is 370 g/mol. The van der Waals surface area contributed by atoms with E-state index in [2.05, 4.69) is 10.6 Å². The number of methoxy groups -OCH3 is 2. The molecule has 0 heterocycles. The maximum absolute atomic E-state index is 12.7. The Morgan fingerprint density at radius 3 is 2.45 bits per heavy atom. The number of hydrogen-bond donors (Lipinski definition) is 3. The molecule has 29 heavy (non-hydrogen) atoms. The molecule has 4 N–H and O–H groups in total. The molecule has 2 amide bonds. The number of carbonyl (C=O) groups excluding carboxylic acids is 2. The van der Waals surface area contributed by atoms with Gasteiger partial charge in [0.05, 0.1) is 14.2 Å². The zero-order chi connectivity index (χ0) is 21.6. The summed E-state index contributed by atoms with van der Waals surface area (Å²) in [6.45, 7) is 5.11. The van der Waals surface area contributed by atoms with Gasteiger partial charge in [-0.1, -0.05) is 32.8 Å². The lowest BCUT2D eigenvalue weighted by Crippen LogP contribution is -2.50. The van der Waals surface area contributed by atoms with Crippen molar-refractivity contribution in [2.45, 2.75) is 58.4 Å². The summed E-state index contributed by atoms with van der Waals surface area (Å²) in [6, 6.07) is 5.18. The molecule has 0 bridgehead atoms. The summed E-state index contributed by atoms with van der Waals surface area (Å²) in [7, 11) is 3.19. The van der Waals surface area contributed by atoms with Crippen molar-refractivity contribution in [2.75, 3.05) is 27.3 Å². The molecule has 7 nitrogen and oxygen atoms in total. The fourth-order valence-corrected chi connectivity index (χ4v) is 3.03. The van der Waals surface area contributed by atoms with Gasteiger partial charge < -0.3 is 25.8 Å². The molecule has 1 aromatic carbocycles. The molecule has 2 unspecified atom stereocenters. The van der Waals surface area contributed by atoms with Gasteiger partial charge in [0.25, 0.3) is 0 Å². The maximum Gasteiger partial charge on any atom is 0.242 e. The van der Waals surface area contributed by atoms with Gasteiger partial charge in [-0.25, -0.2) is 0 Å². The SMILES string of the molecule is CCC(C)C(NC(=O)CCCCCN)C(=O)NCCc1ccc(OC)c(OC)c1. The molecule has 0 saturated heterocycles. The van der Waals surface area contributed by atoms with E-state index in [1.54, 1.807) is 14.2 Å². The Bertz CT molecular complexity index is 636. The lowest BCUT2D eigenvalue weighted by atomic mass is 9.98. The quantitative estimate of drug-likeness (QED) is 0.411. The van der Waals surface area contributed by atoms with Crippen molar-refractivity contribution in [2.24, 2.45) is 11.7 Å². The Hall–Kier alpha value is -2.28. The number of unbranched alkanes of at least 4 members (excludes halogenated alkanes) is 2. The van der Waals surface area contributed by atoms with Crippen LogP contribution in [0.4, 0.5) is 0 Å². The molecule has 0 saturated carbocycles. The van der Waals surface area contributed by atoms with Crippen molar-refractivity contribution in [3.8, 4) is 11.5 Å². The van der Waals surface area contributed by atoms with Crippen molar-refractivity contribution in [3.05, 3.63) is 23.8 Å². The highest BCUT2D eigenvalue weighted by Gasteiger charge is 2.25.